The highest BCUT2D eigenvalue weighted by atomic mass is 19.1. The molecule has 1 unspecified atom stereocenters. The number of amides is 1. The Hall–Kier alpha value is -2.16. The second-order valence-electron chi connectivity index (χ2n) is 4.99. The Bertz CT molecular complexity index is 595. The topological polar surface area (TPSA) is 29.1 Å². The molecule has 1 N–H and O–H groups in total. The van der Waals surface area contributed by atoms with Gasteiger partial charge in [0.2, 0.25) is 0 Å². The SMILES string of the molecule is Cc1cc(C(=O)NCC(C)c2ccccc2)ccc1F. The standard InChI is InChI=1S/C17H18FNO/c1-12-10-15(8-9-16(12)18)17(20)19-11-13(2)14-6-4-3-5-7-14/h3-10,13H,11H2,1-2H3,(H,19,20). The van der Waals surface area contributed by atoms with Gasteiger partial charge in [0, 0.05) is 12.1 Å². The van der Waals surface area contributed by atoms with Crippen LogP contribution in [0.5, 0.6) is 0 Å². The highest BCUT2D eigenvalue weighted by molar-refractivity contribution is 5.94. The molecule has 0 aliphatic heterocycles. The summed E-state index contributed by atoms with van der Waals surface area (Å²) in [6, 6.07) is 14.4. The fraction of sp³-hybridized carbons (Fsp3) is 0.235. The Morgan fingerprint density at radius 3 is 2.55 bits per heavy atom. The zero-order chi connectivity index (χ0) is 14.5. The molecule has 2 aromatic carbocycles. The lowest BCUT2D eigenvalue weighted by atomic mass is 10.0. The van der Waals surface area contributed by atoms with E-state index >= 15 is 0 Å². The van der Waals surface area contributed by atoms with Crippen molar-refractivity contribution >= 4 is 5.91 Å². The van der Waals surface area contributed by atoms with E-state index in [0.717, 1.165) is 0 Å². The van der Waals surface area contributed by atoms with Gasteiger partial charge in [-0.05, 0) is 42.2 Å². The van der Waals surface area contributed by atoms with Crippen molar-refractivity contribution in [1.82, 2.24) is 5.32 Å². The molecule has 0 saturated carbocycles. The molecule has 0 fully saturated rings. The fourth-order valence-corrected chi connectivity index (χ4v) is 2.03. The third-order valence-electron chi connectivity index (χ3n) is 3.36. The molecular formula is C17H18FNO. The average Bonchev–Trinajstić information content (AvgIpc) is 2.48. The van der Waals surface area contributed by atoms with E-state index in [4.69, 9.17) is 0 Å². The van der Waals surface area contributed by atoms with Crippen molar-refractivity contribution in [2.24, 2.45) is 0 Å². The van der Waals surface area contributed by atoms with E-state index in [2.05, 4.69) is 12.2 Å². The van der Waals surface area contributed by atoms with Crippen LogP contribution in [0.3, 0.4) is 0 Å². The Labute approximate surface area is 118 Å². The van der Waals surface area contributed by atoms with Crippen LogP contribution in [0.2, 0.25) is 0 Å². The number of hydrogen-bond acceptors (Lipinski definition) is 1. The van der Waals surface area contributed by atoms with Crippen LogP contribution in [0.1, 0.15) is 34.3 Å². The molecule has 3 heteroatoms. The van der Waals surface area contributed by atoms with Crippen molar-refractivity contribution in [3.05, 3.63) is 71.0 Å². The van der Waals surface area contributed by atoms with Gasteiger partial charge in [0.15, 0.2) is 0 Å². The Morgan fingerprint density at radius 1 is 1.20 bits per heavy atom. The van der Waals surface area contributed by atoms with Gasteiger partial charge in [0.1, 0.15) is 5.82 Å². The normalized spacial score (nSPS) is 11.9. The first-order valence-corrected chi connectivity index (χ1v) is 6.67. The minimum atomic E-state index is -0.292. The zero-order valence-corrected chi connectivity index (χ0v) is 11.7. The van der Waals surface area contributed by atoms with Crippen LogP contribution in [-0.2, 0) is 0 Å². The van der Waals surface area contributed by atoms with Gasteiger partial charge in [-0.15, -0.1) is 0 Å². The lowest BCUT2D eigenvalue weighted by Crippen LogP contribution is -2.27. The number of carbonyl (C=O) groups excluding carboxylic acids is 1. The molecule has 0 aromatic heterocycles. The maximum absolute atomic E-state index is 13.2. The molecule has 0 aliphatic carbocycles. The summed E-state index contributed by atoms with van der Waals surface area (Å²) < 4.78 is 13.2. The minimum absolute atomic E-state index is 0.170. The second-order valence-corrected chi connectivity index (χ2v) is 4.99. The van der Waals surface area contributed by atoms with Gasteiger partial charge in [-0.2, -0.15) is 0 Å². The smallest absolute Gasteiger partial charge is 0.251 e. The molecule has 1 amide bonds. The van der Waals surface area contributed by atoms with Crippen LogP contribution in [0.15, 0.2) is 48.5 Å². The molecule has 1 atom stereocenters. The highest BCUT2D eigenvalue weighted by Gasteiger charge is 2.10. The Kier molecular flexibility index (Phi) is 4.51. The number of hydrogen-bond donors (Lipinski definition) is 1. The molecule has 0 saturated heterocycles. The molecule has 2 aromatic rings. The lowest BCUT2D eigenvalue weighted by Gasteiger charge is -2.13. The van der Waals surface area contributed by atoms with Crippen molar-refractivity contribution in [3.8, 4) is 0 Å². The molecule has 104 valence electrons. The number of nitrogens with one attached hydrogen (secondary N) is 1. The van der Waals surface area contributed by atoms with Crippen LogP contribution < -0.4 is 5.32 Å². The van der Waals surface area contributed by atoms with E-state index in [1.807, 2.05) is 30.3 Å². The Morgan fingerprint density at radius 2 is 1.90 bits per heavy atom. The van der Waals surface area contributed by atoms with Gasteiger partial charge in [-0.1, -0.05) is 37.3 Å². The quantitative estimate of drug-likeness (QED) is 0.903. The molecule has 20 heavy (non-hydrogen) atoms. The summed E-state index contributed by atoms with van der Waals surface area (Å²) in [5.74, 6) is -0.225. The summed E-state index contributed by atoms with van der Waals surface area (Å²) in [4.78, 5) is 12.0. The first-order chi connectivity index (χ1) is 9.58. The third kappa shape index (κ3) is 3.44. The molecule has 0 aliphatic rings. The number of benzene rings is 2. The largest absolute Gasteiger partial charge is 0.351 e. The summed E-state index contributed by atoms with van der Waals surface area (Å²) >= 11 is 0. The summed E-state index contributed by atoms with van der Waals surface area (Å²) in [6.07, 6.45) is 0. The molecule has 0 bridgehead atoms. The minimum Gasteiger partial charge on any atom is -0.351 e. The molecule has 0 spiro atoms. The molecule has 0 radical (unpaired) electrons. The van der Waals surface area contributed by atoms with Crippen molar-refractivity contribution < 1.29 is 9.18 Å². The maximum Gasteiger partial charge on any atom is 0.251 e. The Balaban J connectivity index is 1.97. The van der Waals surface area contributed by atoms with E-state index in [0.29, 0.717) is 17.7 Å². The van der Waals surface area contributed by atoms with Crippen LogP contribution in [-0.4, -0.2) is 12.5 Å². The van der Waals surface area contributed by atoms with E-state index in [1.54, 1.807) is 13.0 Å². The summed E-state index contributed by atoms with van der Waals surface area (Å²) in [6.45, 7) is 4.27. The summed E-state index contributed by atoms with van der Waals surface area (Å²) in [5.41, 5.74) is 2.15. The van der Waals surface area contributed by atoms with Gasteiger partial charge in [-0.25, -0.2) is 4.39 Å². The number of aryl methyl sites for hydroxylation is 1. The third-order valence-corrected chi connectivity index (χ3v) is 3.36. The number of rotatable bonds is 4. The monoisotopic (exact) mass is 271 g/mol. The van der Waals surface area contributed by atoms with Crippen LogP contribution >= 0.6 is 0 Å². The van der Waals surface area contributed by atoms with Gasteiger partial charge < -0.3 is 5.32 Å². The van der Waals surface area contributed by atoms with Crippen LogP contribution in [0.25, 0.3) is 0 Å². The summed E-state index contributed by atoms with van der Waals surface area (Å²) in [7, 11) is 0. The molecule has 0 heterocycles. The predicted molar refractivity (Wildman–Crippen MR) is 78.3 cm³/mol. The number of halogens is 1. The van der Waals surface area contributed by atoms with E-state index in [1.165, 1.54) is 17.7 Å². The van der Waals surface area contributed by atoms with Gasteiger partial charge in [-0.3, -0.25) is 4.79 Å². The fourth-order valence-electron chi connectivity index (χ4n) is 2.03. The first kappa shape index (κ1) is 14.3. The number of carbonyl (C=O) groups is 1. The lowest BCUT2D eigenvalue weighted by molar-refractivity contribution is 0.0951. The van der Waals surface area contributed by atoms with Gasteiger partial charge in [0.05, 0.1) is 0 Å². The maximum atomic E-state index is 13.2. The summed E-state index contributed by atoms with van der Waals surface area (Å²) in [5, 5.41) is 2.88. The predicted octanol–water partition coefficient (Wildman–Crippen LogP) is 3.67. The van der Waals surface area contributed by atoms with Gasteiger partial charge >= 0.3 is 0 Å². The zero-order valence-electron chi connectivity index (χ0n) is 11.7. The first-order valence-electron chi connectivity index (χ1n) is 6.67. The van der Waals surface area contributed by atoms with Crippen molar-refractivity contribution in [2.75, 3.05) is 6.54 Å². The van der Waals surface area contributed by atoms with Crippen LogP contribution in [0.4, 0.5) is 4.39 Å². The van der Waals surface area contributed by atoms with Crippen molar-refractivity contribution in [1.29, 1.82) is 0 Å². The van der Waals surface area contributed by atoms with Crippen molar-refractivity contribution in [3.63, 3.8) is 0 Å². The van der Waals surface area contributed by atoms with Crippen molar-refractivity contribution in [2.45, 2.75) is 19.8 Å². The average molecular weight is 271 g/mol. The van der Waals surface area contributed by atoms with Crippen LogP contribution in [0, 0.1) is 12.7 Å². The van der Waals surface area contributed by atoms with Gasteiger partial charge in [0.25, 0.3) is 5.91 Å². The van der Waals surface area contributed by atoms with E-state index < -0.39 is 0 Å². The molecule has 2 rings (SSSR count). The second kappa shape index (κ2) is 6.33. The molecule has 2 nitrogen and oxygen atoms in total. The highest BCUT2D eigenvalue weighted by Crippen LogP contribution is 2.14. The molecular weight excluding hydrogens is 253 g/mol. The van der Waals surface area contributed by atoms with E-state index in [-0.39, 0.29) is 17.6 Å². The van der Waals surface area contributed by atoms with E-state index in [9.17, 15) is 9.18 Å².